The second-order valence-corrected chi connectivity index (χ2v) is 6.07. The van der Waals surface area contributed by atoms with Crippen molar-refractivity contribution in [1.82, 2.24) is 20.8 Å². The summed E-state index contributed by atoms with van der Waals surface area (Å²) in [7, 11) is 1.57. The first-order valence-electron chi connectivity index (χ1n) is 8.71. The highest BCUT2D eigenvalue weighted by molar-refractivity contribution is 5.93. The van der Waals surface area contributed by atoms with Gasteiger partial charge in [0.2, 0.25) is 17.6 Å². The van der Waals surface area contributed by atoms with E-state index >= 15 is 0 Å². The Morgan fingerprint density at radius 3 is 2.46 bits per heavy atom. The molecule has 3 aromatic rings. The maximum absolute atomic E-state index is 13.0. The van der Waals surface area contributed by atoms with Crippen molar-refractivity contribution in [2.45, 2.75) is 19.4 Å². The van der Waals surface area contributed by atoms with Gasteiger partial charge in [0.1, 0.15) is 5.82 Å². The molecule has 1 aromatic heterocycles. The van der Waals surface area contributed by atoms with Gasteiger partial charge in [-0.2, -0.15) is 4.98 Å². The monoisotopic (exact) mass is 382 g/mol. The van der Waals surface area contributed by atoms with Crippen LogP contribution in [0.3, 0.4) is 0 Å². The van der Waals surface area contributed by atoms with Gasteiger partial charge >= 0.3 is 0 Å². The van der Waals surface area contributed by atoms with Crippen LogP contribution in [-0.2, 0) is 17.8 Å². The van der Waals surface area contributed by atoms with Crippen molar-refractivity contribution in [2.24, 2.45) is 0 Å². The summed E-state index contributed by atoms with van der Waals surface area (Å²) in [6, 6.07) is 12.7. The van der Waals surface area contributed by atoms with Gasteiger partial charge < -0.3 is 15.2 Å². The lowest BCUT2D eigenvalue weighted by atomic mass is 10.1. The molecule has 0 atom stereocenters. The van der Waals surface area contributed by atoms with Crippen LogP contribution in [0, 0.1) is 5.82 Å². The Balaban J connectivity index is 1.47. The first-order valence-corrected chi connectivity index (χ1v) is 8.71. The molecule has 0 radical (unpaired) electrons. The van der Waals surface area contributed by atoms with Crippen LogP contribution in [0.25, 0.3) is 11.4 Å². The van der Waals surface area contributed by atoms with Crippen LogP contribution in [0.5, 0.6) is 0 Å². The fraction of sp³-hybridized carbons (Fsp3) is 0.200. The number of halogens is 1. The van der Waals surface area contributed by atoms with Crippen LogP contribution in [0.1, 0.15) is 28.2 Å². The number of carbonyl (C=O) groups is 2. The van der Waals surface area contributed by atoms with Gasteiger partial charge in [0.05, 0.1) is 0 Å². The maximum atomic E-state index is 13.0. The molecule has 28 heavy (non-hydrogen) atoms. The third-order valence-electron chi connectivity index (χ3n) is 4.07. The number of aromatic nitrogens is 2. The van der Waals surface area contributed by atoms with Gasteiger partial charge in [-0.3, -0.25) is 9.59 Å². The molecule has 3 rings (SSSR count). The van der Waals surface area contributed by atoms with Crippen LogP contribution in [-0.4, -0.2) is 29.0 Å². The van der Waals surface area contributed by atoms with Gasteiger partial charge in [0, 0.05) is 37.6 Å². The Labute approximate surface area is 161 Å². The van der Waals surface area contributed by atoms with E-state index < -0.39 is 0 Å². The number of amides is 2. The van der Waals surface area contributed by atoms with Gasteiger partial charge in [-0.25, -0.2) is 4.39 Å². The van der Waals surface area contributed by atoms with E-state index in [0.29, 0.717) is 35.8 Å². The quantitative estimate of drug-likeness (QED) is 0.654. The zero-order chi connectivity index (χ0) is 19.9. The minimum atomic E-state index is -0.340. The molecule has 8 heteroatoms. The van der Waals surface area contributed by atoms with Crippen LogP contribution < -0.4 is 10.6 Å². The van der Waals surface area contributed by atoms with Crippen LogP contribution >= 0.6 is 0 Å². The molecule has 0 aliphatic carbocycles. The minimum absolute atomic E-state index is 0.156. The number of nitrogens with one attached hydrogen (secondary N) is 2. The topological polar surface area (TPSA) is 97.1 Å². The zero-order valence-corrected chi connectivity index (χ0v) is 15.2. The number of nitrogens with zero attached hydrogens (tertiary/aromatic N) is 2. The molecular weight excluding hydrogens is 363 g/mol. The fourth-order valence-electron chi connectivity index (χ4n) is 2.50. The predicted octanol–water partition coefficient (Wildman–Crippen LogP) is 2.48. The van der Waals surface area contributed by atoms with E-state index in [1.807, 2.05) is 0 Å². The number of carbonyl (C=O) groups excluding carboxylic acids is 2. The van der Waals surface area contributed by atoms with E-state index in [1.165, 1.54) is 12.1 Å². The molecule has 0 saturated carbocycles. The summed E-state index contributed by atoms with van der Waals surface area (Å²) in [6.45, 7) is 0.359. The third-order valence-corrected chi connectivity index (χ3v) is 4.07. The SMILES string of the molecule is CNC(=O)c1ccc(CNC(=O)CCc2nc(-c3ccc(F)cc3)no2)cc1. The van der Waals surface area contributed by atoms with E-state index in [2.05, 4.69) is 20.8 Å². The van der Waals surface area contributed by atoms with E-state index in [-0.39, 0.29) is 24.1 Å². The van der Waals surface area contributed by atoms with E-state index in [1.54, 1.807) is 43.4 Å². The van der Waals surface area contributed by atoms with Crippen molar-refractivity contribution in [2.75, 3.05) is 7.05 Å². The molecule has 7 nitrogen and oxygen atoms in total. The van der Waals surface area contributed by atoms with Crippen LogP contribution in [0.4, 0.5) is 4.39 Å². The zero-order valence-electron chi connectivity index (χ0n) is 15.2. The molecule has 144 valence electrons. The molecule has 0 unspecified atom stereocenters. The summed E-state index contributed by atoms with van der Waals surface area (Å²) in [6.07, 6.45) is 0.497. The molecule has 2 amide bonds. The third kappa shape index (κ3) is 5.00. The van der Waals surface area contributed by atoms with E-state index in [9.17, 15) is 14.0 Å². The van der Waals surface area contributed by atoms with E-state index in [4.69, 9.17) is 4.52 Å². The fourth-order valence-corrected chi connectivity index (χ4v) is 2.50. The Hall–Kier alpha value is -3.55. The Bertz CT molecular complexity index is 952. The lowest BCUT2D eigenvalue weighted by molar-refractivity contribution is -0.121. The summed E-state index contributed by atoms with van der Waals surface area (Å²) in [5.41, 5.74) is 2.09. The lowest BCUT2D eigenvalue weighted by Gasteiger charge is -2.05. The Morgan fingerprint density at radius 1 is 1.07 bits per heavy atom. The number of aryl methyl sites for hydroxylation is 1. The molecule has 0 fully saturated rings. The number of rotatable bonds is 7. The number of hydrogen-bond donors (Lipinski definition) is 2. The Kier molecular flexibility index (Phi) is 6.11. The molecule has 0 saturated heterocycles. The van der Waals surface area contributed by atoms with Crippen molar-refractivity contribution < 1.29 is 18.5 Å². The smallest absolute Gasteiger partial charge is 0.251 e. The maximum Gasteiger partial charge on any atom is 0.251 e. The van der Waals surface area contributed by atoms with Crippen molar-refractivity contribution in [3.05, 3.63) is 71.4 Å². The molecule has 2 aromatic carbocycles. The molecule has 1 heterocycles. The average molecular weight is 382 g/mol. The Morgan fingerprint density at radius 2 is 1.79 bits per heavy atom. The summed E-state index contributed by atoms with van der Waals surface area (Å²) >= 11 is 0. The van der Waals surface area contributed by atoms with Crippen LogP contribution in [0.15, 0.2) is 53.1 Å². The highest BCUT2D eigenvalue weighted by Crippen LogP contribution is 2.16. The normalized spacial score (nSPS) is 10.5. The molecule has 0 aliphatic heterocycles. The van der Waals surface area contributed by atoms with Gasteiger partial charge in [-0.05, 0) is 42.0 Å². The van der Waals surface area contributed by atoms with Gasteiger partial charge in [0.25, 0.3) is 5.91 Å². The average Bonchev–Trinajstić information content (AvgIpc) is 3.20. The standard InChI is InChI=1S/C20H19FN4O3/c1-22-20(27)15-4-2-13(3-5-15)12-23-17(26)10-11-18-24-19(25-28-18)14-6-8-16(21)9-7-14/h2-9H,10-12H2,1H3,(H,22,27)(H,23,26). The minimum Gasteiger partial charge on any atom is -0.355 e. The van der Waals surface area contributed by atoms with Crippen molar-refractivity contribution in [3.8, 4) is 11.4 Å². The summed E-state index contributed by atoms with van der Waals surface area (Å²) in [4.78, 5) is 27.7. The van der Waals surface area contributed by atoms with E-state index in [0.717, 1.165) is 5.56 Å². The van der Waals surface area contributed by atoms with Gasteiger partial charge in [-0.15, -0.1) is 0 Å². The largest absolute Gasteiger partial charge is 0.355 e. The second kappa shape index (κ2) is 8.90. The predicted molar refractivity (Wildman–Crippen MR) is 99.7 cm³/mol. The summed E-state index contributed by atoms with van der Waals surface area (Å²) in [5, 5.41) is 9.20. The number of benzene rings is 2. The highest BCUT2D eigenvalue weighted by Gasteiger charge is 2.11. The second-order valence-electron chi connectivity index (χ2n) is 6.07. The summed E-state index contributed by atoms with van der Waals surface area (Å²) < 4.78 is 18.1. The van der Waals surface area contributed by atoms with Crippen LogP contribution in [0.2, 0.25) is 0 Å². The molecule has 2 N–H and O–H groups in total. The van der Waals surface area contributed by atoms with Crippen molar-refractivity contribution in [3.63, 3.8) is 0 Å². The first-order chi connectivity index (χ1) is 13.5. The van der Waals surface area contributed by atoms with Crippen molar-refractivity contribution >= 4 is 11.8 Å². The molecular formula is C20H19FN4O3. The first kappa shape index (κ1) is 19.2. The molecule has 0 aliphatic rings. The summed E-state index contributed by atoms with van der Waals surface area (Å²) in [5.74, 6) is 0.0375. The molecule has 0 spiro atoms. The van der Waals surface area contributed by atoms with Gasteiger partial charge in [-0.1, -0.05) is 17.3 Å². The molecule has 0 bridgehead atoms. The van der Waals surface area contributed by atoms with Crippen molar-refractivity contribution in [1.29, 1.82) is 0 Å². The van der Waals surface area contributed by atoms with Gasteiger partial charge in [0.15, 0.2) is 0 Å². The number of hydrogen-bond acceptors (Lipinski definition) is 5. The highest BCUT2D eigenvalue weighted by atomic mass is 19.1. The lowest BCUT2D eigenvalue weighted by Crippen LogP contribution is -2.23.